The predicted molar refractivity (Wildman–Crippen MR) is 97.0 cm³/mol. The molecule has 0 unspecified atom stereocenters. The number of rotatable bonds is 5. The molecule has 0 bridgehead atoms. The summed E-state index contributed by atoms with van der Waals surface area (Å²) in [6.07, 6.45) is 0. The molecule has 132 valence electrons. The van der Waals surface area contributed by atoms with Crippen molar-refractivity contribution in [2.75, 3.05) is 11.9 Å². The van der Waals surface area contributed by atoms with Gasteiger partial charge in [0.15, 0.2) is 6.61 Å². The molecule has 7 heteroatoms. The van der Waals surface area contributed by atoms with Crippen LogP contribution in [0.5, 0.6) is 0 Å². The van der Waals surface area contributed by atoms with Gasteiger partial charge in [0.25, 0.3) is 5.91 Å². The molecule has 0 spiro atoms. The number of halogens is 1. The van der Waals surface area contributed by atoms with Gasteiger partial charge in [-0.3, -0.25) is 10.1 Å². The van der Waals surface area contributed by atoms with Crippen LogP contribution in [-0.2, 0) is 9.53 Å². The molecule has 1 N–H and O–H groups in total. The first kappa shape index (κ1) is 17.7. The molecule has 1 aromatic heterocycles. The minimum absolute atomic E-state index is 0.174. The van der Waals surface area contributed by atoms with Crippen LogP contribution in [0.1, 0.15) is 15.9 Å². The Kier molecular flexibility index (Phi) is 5.34. The van der Waals surface area contributed by atoms with Crippen molar-refractivity contribution in [3.63, 3.8) is 0 Å². The standard InChI is InChI=1S/C19H15ClN2O4/c1-12-2-4-13(5-3-12)16-10-18(26-22-16)21-17(23)11-25-19(24)14-6-8-15(20)9-7-14/h2-10H,11H2,1H3,(H,21,23). The average molecular weight is 371 g/mol. The van der Waals surface area contributed by atoms with Gasteiger partial charge < -0.3 is 9.26 Å². The molecule has 1 heterocycles. The van der Waals surface area contributed by atoms with Crippen LogP contribution in [0.2, 0.25) is 5.02 Å². The largest absolute Gasteiger partial charge is 0.452 e. The van der Waals surface area contributed by atoms with Crippen LogP contribution in [0.4, 0.5) is 5.88 Å². The molecule has 3 rings (SSSR count). The van der Waals surface area contributed by atoms with Crippen LogP contribution in [-0.4, -0.2) is 23.6 Å². The molecule has 0 atom stereocenters. The Balaban J connectivity index is 1.54. The van der Waals surface area contributed by atoms with Crippen molar-refractivity contribution in [1.82, 2.24) is 5.16 Å². The second-order valence-corrected chi connectivity index (χ2v) is 6.01. The molecule has 0 radical (unpaired) electrons. The summed E-state index contributed by atoms with van der Waals surface area (Å²) >= 11 is 5.76. The zero-order valence-corrected chi connectivity index (χ0v) is 14.6. The molecule has 0 aliphatic carbocycles. The SMILES string of the molecule is Cc1ccc(-c2cc(NC(=O)COC(=O)c3ccc(Cl)cc3)on2)cc1. The number of amides is 1. The third-order valence-corrected chi connectivity index (χ3v) is 3.79. The van der Waals surface area contributed by atoms with E-state index in [1.54, 1.807) is 18.2 Å². The summed E-state index contributed by atoms with van der Waals surface area (Å²) in [4.78, 5) is 23.7. The van der Waals surface area contributed by atoms with E-state index in [0.717, 1.165) is 11.1 Å². The molecule has 0 fully saturated rings. The number of nitrogens with one attached hydrogen (secondary N) is 1. The Morgan fingerprint density at radius 1 is 1.12 bits per heavy atom. The van der Waals surface area contributed by atoms with Crippen molar-refractivity contribution < 1.29 is 18.8 Å². The fourth-order valence-electron chi connectivity index (χ4n) is 2.17. The van der Waals surface area contributed by atoms with Crippen molar-refractivity contribution in [3.8, 4) is 11.3 Å². The highest BCUT2D eigenvalue weighted by Gasteiger charge is 2.13. The number of anilines is 1. The predicted octanol–water partition coefficient (Wildman–Crippen LogP) is 4.10. The average Bonchev–Trinajstić information content (AvgIpc) is 3.09. The van der Waals surface area contributed by atoms with E-state index in [1.807, 2.05) is 31.2 Å². The van der Waals surface area contributed by atoms with Crippen LogP contribution in [0.3, 0.4) is 0 Å². The molecular weight excluding hydrogens is 356 g/mol. The van der Waals surface area contributed by atoms with Gasteiger partial charge >= 0.3 is 5.97 Å². The smallest absolute Gasteiger partial charge is 0.338 e. The number of nitrogens with zero attached hydrogens (tertiary/aromatic N) is 1. The number of ether oxygens (including phenoxy) is 1. The topological polar surface area (TPSA) is 81.4 Å². The summed E-state index contributed by atoms with van der Waals surface area (Å²) in [6.45, 7) is 1.55. The summed E-state index contributed by atoms with van der Waals surface area (Å²) < 4.78 is 10.0. The molecule has 0 aliphatic heterocycles. The van der Waals surface area contributed by atoms with Gasteiger partial charge in [-0.25, -0.2) is 4.79 Å². The molecule has 1 amide bonds. The lowest BCUT2D eigenvalue weighted by molar-refractivity contribution is -0.119. The van der Waals surface area contributed by atoms with Crippen molar-refractivity contribution in [3.05, 3.63) is 70.7 Å². The van der Waals surface area contributed by atoms with Gasteiger partial charge in [-0.05, 0) is 31.2 Å². The number of aromatic nitrogens is 1. The number of hydrogen-bond acceptors (Lipinski definition) is 5. The van der Waals surface area contributed by atoms with Gasteiger partial charge in [0, 0.05) is 16.7 Å². The fourth-order valence-corrected chi connectivity index (χ4v) is 2.29. The van der Waals surface area contributed by atoms with Gasteiger partial charge in [-0.2, -0.15) is 0 Å². The van der Waals surface area contributed by atoms with Gasteiger partial charge in [0.2, 0.25) is 5.88 Å². The number of aryl methyl sites for hydroxylation is 1. The highest BCUT2D eigenvalue weighted by molar-refractivity contribution is 6.30. The Morgan fingerprint density at radius 3 is 2.50 bits per heavy atom. The molecule has 26 heavy (non-hydrogen) atoms. The lowest BCUT2D eigenvalue weighted by Gasteiger charge is -2.04. The van der Waals surface area contributed by atoms with Crippen molar-refractivity contribution in [2.45, 2.75) is 6.92 Å². The summed E-state index contributed by atoms with van der Waals surface area (Å²) in [6, 6.07) is 15.5. The highest BCUT2D eigenvalue weighted by Crippen LogP contribution is 2.22. The number of carbonyl (C=O) groups excluding carboxylic acids is 2. The molecule has 0 saturated carbocycles. The van der Waals surface area contributed by atoms with Crippen LogP contribution in [0, 0.1) is 6.92 Å². The molecule has 2 aromatic carbocycles. The maximum absolute atomic E-state index is 11.9. The molecule has 3 aromatic rings. The van der Waals surface area contributed by atoms with Crippen molar-refractivity contribution in [1.29, 1.82) is 0 Å². The summed E-state index contributed by atoms with van der Waals surface area (Å²) in [7, 11) is 0. The number of carbonyl (C=O) groups is 2. The Bertz CT molecular complexity index is 917. The monoisotopic (exact) mass is 370 g/mol. The first-order chi connectivity index (χ1) is 12.5. The third kappa shape index (κ3) is 4.49. The fraction of sp³-hybridized carbons (Fsp3) is 0.105. The van der Waals surface area contributed by atoms with E-state index in [-0.39, 0.29) is 5.88 Å². The minimum Gasteiger partial charge on any atom is -0.452 e. The maximum Gasteiger partial charge on any atom is 0.338 e. The second kappa shape index (κ2) is 7.84. The van der Waals surface area contributed by atoms with Gasteiger partial charge in [-0.1, -0.05) is 46.6 Å². The van der Waals surface area contributed by atoms with Crippen molar-refractivity contribution >= 4 is 29.4 Å². The van der Waals surface area contributed by atoms with E-state index >= 15 is 0 Å². The van der Waals surface area contributed by atoms with E-state index < -0.39 is 18.5 Å². The van der Waals surface area contributed by atoms with Crippen LogP contribution in [0.25, 0.3) is 11.3 Å². The lowest BCUT2D eigenvalue weighted by Crippen LogP contribution is -2.20. The first-order valence-corrected chi connectivity index (χ1v) is 8.15. The van der Waals surface area contributed by atoms with E-state index in [9.17, 15) is 9.59 Å². The molecule has 0 saturated heterocycles. The zero-order chi connectivity index (χ0) is 18.5. The van der Waals surface area contributed by atoms with Crippen LogP contribution < -0.4 is 5.32 Å². The number of benzene rings is 2. The minimum atomic E-state index is -0.616. The maximum atomic E-state index is 11.9. The van der Waals surface area contributed by atoms with Crippen molar-refractivity contribution in [2.24, 2.45) is 0 Å². The summed E-state index contributed by atoms with van der Waals surface area (Å²) in [5.41, 5.74) is 2.91. The number of hydrogen-bond donors (Lipinski definition) is 1. The normalized spacial score (nSPS) is 10.4. The Morgan fingerprint density at radius 2 is 1.81 bits per heavy atom. The second-order valence-electron chi connectivity index (χ2n) is 5.57. The van der Waals surface area contributed by atoms with E-state index in [2.05, 4.69) is 10.5 Å². The summed E-state index contributed by atoms with van der Waals surface area (Å²) in [5.74, 6) is -0.971. The molecule has 6 nitrogen and oxygen atoms in total. The Hall–Kier alpha value is -3.12. The number of esters is 1. The van der Waals surface area contributed by atoms with Gasteiger partial charge in [-0.15, -0.1) is 0 Å². The molecule has 0 aliphatic rings. The van der Waals surface area contributed by atoms with Crippen LogP contribution >= 0.6 is 11.6 Å². The van der Waals surface area contributed by atoms with E-state index in [1.165, 1.54) is 12.1 Å². The Labute approximate surface area is 154 Å². The van der Waals surface area contributed by atoms with E-state index in [4.69, 9.17) is 20.9 Å². The zero-order valence-electron chi connectivity index (χ0n) is 13.9. The summed E-state index contributed by atoms with van der Waals surface area (Å²) in [5, 5.41) is 6.91. The van der Waals surface area contributed by atoms with E-state index in [0.29, 0.717) is 16.3 Å². The van der Waals surface area contributed by atoms with Gasteiger partial charge in [0.05, 0.1) is 5.56 Å². The lowest BCUT2D eigenvalue weighted by atomic mass is 10.1. The van der Waals surface area contributed by atoms with Gasteiger partial charge in [0.1, 0.15) is 5.69 Å². The third-order valence-electron chi connectivity index (χ3n) is 3.53. The van der Waals surface area contributed by atoms with Crippen LogP contribution in [0.15, 0.2) is 59.1 Å². The quantitative estimate of drug-likeness (QED) is 0.684. The highest BCUT2D eigenvalue weighted by atomic mass is 35.5. The first-order valence-electron chi connectivity index (χ1n) is 7.77. The molecular formula is C19H15ClN2O4.